The molecule has 0 saturated heterocycles. The standard InChI is InChI=1S/C16H11F5O2/c1-7-3-5-9(6-4-7)8(2)23-16(22)10-11(17)13(19)15(21)14(20)12(10)18/h3-6,8H,1-2H3/i8+1,22+2. The van der Waals surface area contributed by atoms with Gasteiger partial charge < -0.3 is 4.74 Å². The van der Waals surface area contributed by atoms with Crippen LogP contribution in [0.1, 0.15) is 34.5 Å². The number of carbonyl (C=O) groups is 1. The topological polar surface area (TPSA) is 26.3 Å². The van der Waals surface area contributed by atoms with E-state index in [-0.39, 0.29) is 0 Å². The van der Waals surface area contributed by atoms with E-state index in [9.17, 15) is 26.7 Å². The first-order chi connectivity index (χ1) is 10.7. The fourth-order valence-electron chi connectivity index (χ4n) is 1.91. The van der Waals surface area contributed by atoms with Crippen LogP contribution in [0, 0.1) is 36.0 Å². The van der Waals surface area contributed by atoms with Crippen molar-refractivity contribution < 1.29 is 31.5 Å². The van der Waals surface area contributed by atoms with Crippen LogP contribution in [0.25, 0.3) is 0 Å². The molecule has 0 aliphatic heterocycles. The van der Waals surface area contributed by atoms with Crippen LogP contribution in [0.5, 0.6) is 0 Å². The van der Waals surface area contributed by atoms with Gasteiger partial charge in [0.1, 0.15) is 11.7 Å². The zero-order valence-electron chi connectivity index (χ0n) is 12.1. The van der Waals surface area contributed by atoms with E-state index >= 15 is 0 Å². The van der Waals surface area contributed by atoms with E-state index in [1.54, 1.807) is 24.3 Å². The normalized spacial score (nSPS) is 12.1. The number of benzene rings is 2. The van der Waals surface area contributed by atoms with E-state index in [1.165, 1.54) is 6.92 Å². The molecule has 23 heavy (non-hydrogen) atoms. The van der Waals surface area contributed by atoms with Gasteiger partial charge in [-0.15, -0.1) is 0 Å². The summed E-state index contributed by atoms with van der Waals surface area (Å²) in [6.07, 6.45) is -0.932. The number of rotatable bonds is 3. The maximum absolute atomic E-state index is 13.5. The van der Waals surface area contributed by atoms with Gasteiger partial charge in [-0.05, 0) is 19.4 Å². The lowest BCUT2D eigenvalue weighted by Gasteiger charge is -2.15. The molecule has 0 aliphatic rings. The predicted molar refractivity (Wildman–Crippen MR) is 71.2 cm³/mol. The summed E-state index contributed by atoms with van der Waals surface area (Å²) < 4.78 is 71.0. The lowest BCUT2D eigenvalue weighted by molar-refractivity contribution is 0.0323. The van der Waals surface area contributed by atoms with Crippen LogP contribution in [0.3, 0.4) is 0 Å². The summed E-state index contributed by atoms with van der Waals surface area (Å²) in [6, 6.07) is 6.67. The summed E-state index contributed by atoms with van der Waals surface area (Å²) in [4.78, 5) is 11.8. The largest absolute Gasteiger partial charge is 0.454 e. The first-order valence-corrected chi connectivity index (χ1v) is 6.53. The monoisotopic (exact) mass is 333 g/mol. The molecule has 0 N–H and O–H groups in total. The molecule has 1 atom stereocenters. The highest BCUT2D eigenvalue weighted by molar-refractivity contribution is 5.90. The maximum Gasteiger partial charge on any atom is 0.344 e. The fourth-order valence-corrected chi connectivity index (χ4v) is 1.91. The van der Waals surface area contributed by atoms with Gasteiger partial charge in [-0.1, -0.05) is 29.8 Å². The van der Waals surface area contributed by atoms with Crippen molar-refractivity contribution in [1.82, 2.24) is 0 Å². The van der Waals surface area contributed by atoms with Gasteiger partial charge >= 0.3 is 5.97 Å². The molecule has 0 fully saturated rings. The minimum absolute atomic E-state index is 0.507. The zero-order valence-corrected chi connectivity index (χ0v) is 12.1. The van der Waals surface area contributed by atoms with Crippen LogP contribution in [0.4, 0.5) is 22.0 Å². The second-order valence-electron chi connectivity index (χ2n) is 4.90. The Bertz CT molecular complexity index is 727. The Morgan fingerprint density at radius 1 is 0.870 bits per heavy atom. The molecule has 2 aromatic rings. The Kier molecular flexibility index (Phi) is 4.68. The Hall–Kier alpha value is -2.44. The van der Waals surface area contributed by atoms with Gasteiger partial charge in [0, 0.05) is 0 Å². The van der Waals surface area contributed by atoms with Crippen molar-refractivity contribution in [1.29, 1.82) is 0 Å². The average molecular weight is 333 g/mol. The van der Waals surface area contributed by atoms with Gasteiger partial charge in [0.2, 0.25) is 5.82 Å². The number of halogens is 5. The molecule has 0 aliphatic carbocycles. The molecule has 0 aromatic heterocycles. The highest BCUT2D eigenvalue weighted by Gasteiger charge is 2.31. The summed E-state index contributed by atoms with van der Waals surface area (Å²) in [5.74, 6) is -12.8. The van der Waals surface area contributed by atoms with Crippen LogP contribution in [0.2, 0.25) is 0 Å². The molecule has 122 valence electrons. The minimum atomic E-state index is -2.33. The van der Waals surface area contributed by atoms with Gasteiger partial charge in [0.15, 0.2) is 23.3 Å². The van der Waals surface area contributed by atoms with Crippen molar-refractivity contribution in [2.45, 2.75) is 20.0 Å². The third-order valence-corrected chi connectivity index (χ3v) is 3.24. The predicted octanol–water partition coefficient (Wildman–Crippen LogP) is 4.61. The first-order valence-electron chi connectivity index (χ1n) is 6.53. The highest BCUT2D eigenvalue weighted by atomic mass is 19.2. The molecule has 2 aromatic carbocycles. The molecular weight excluding hydrogens is 322 g/mol. The Labute approximate surface area is 128 Å². The number of aryl methyl sites for hydroxylation is 1. The van der Waals surface area contributed by atoms with Crippen LogP contribution >= 0.6 is 0 Å². The van der Waals surface area contributed by atoms with Crippen molar-refractivity contribution in [3.8, 4) is 0 Å². The van der Waals surface area contributed by atoms with E-state index in [0.29, 0.717) is 5.56 Å². The van der Waals surface area contributed by atoms with Crippen LogP contribution in [0.15, 0.2) is 24.3 Å². The van der Waals surface area contributed by atoms with E-state index in [4.69, 9.17) is 4.74 Å². The molecule has 0 spiro atoms. The summed E-state index contributed by atoms with van der Waals surface area (Å²) in [5, 5.41) is 0. The van der Waals surface area contributed by atoms with E-state index in [2.05, 4.69) is 0 Å². The molecular formula is C16H11F5O2. The SMILES string of the molecule is Cc1ccc([13CH](C)OC(=[18O])c2c(F)c(F)c(F)c(F)c2F)cc1. The minimum Gasteiger partial charge on any atom is -0.454 e. The first kappa shape index (κ1) is 16.9. The Balaban J connectivity index is 2.33. The molecule has 1 unspecified atom stereocenters. The summed E-state index contributed by atoms with van der Waals surface area (Å²) in [7, 11) is 0. The summed E-state index contributed by atoms with van der Waals surface area (Å²) in [6.45, 7) is 3.24. The molecule has 0 bridgehead atoms. The number of esters is 1. The Morgan fingerprint density at radius 2 is 1.30 bits per heavy atom. The van der Waals surface area contributed by atoms with Gasteiger partial charge in [-0.2, -0.15) is 0 Å². The van der Waals surface area contributed by atoms with E-state index < -0.39 is 46.7 Å². The Morgan fingerprint density at radius 3 is 1.78 bits per heavy atom. The van der Waals surface area contributed by atoms with Crippen LogP contribution in [-0.4, -0.2) is 5.97 Å². The van der Waals surface area contributed by atoms with Gasteiger partial charge in [0.25, 0.3) is 0 Å². The number of hydrogen-bond donors (Lipinski definition) is 0. The van der Waals surface area contributed by atoms with Crippen LogP contribution in [-0.2, 0) is 4.74 Å². The molecule has 0 radical (unpaired) electrons. The smallest absolute Gasteiger partial charge is 0.344 e. The fraction of sp³-hybridized carbons (Fsp3) is 0.188. The lowest BCUT2D eigenvalue weighted by Crippen LogP contribution is -2.16. The van der Waals surface area contributed by atoms with Crippen molar-refractivity contribution in [2.24, 2.45) is 0 Å². The second kappa shape index (κ2) is 6.36. The lowest BCUT2D eigenvalue weighted by atomic mass is 10.1. The second-order valence-corrected chi connectivity index (χ2v) is 4.90. The molecule has 0 amide bonds. The molecule has 7 heteroatoms. The summed E-state index contributed by atoms with van der Waals surface area (Å²) in [5.41, 5.74) is -0.166. The van der Waals surface area contributed by atoms with Crippen LogP contribution < -0.4 is 0 Å². The zero-order chi connectivity index (χ0) is 17.3. The third-order valence-electron chi connectivity index (χ3n) is 3.24. The van der Waals surface area contributed by atoms with Crippen molar-refractivity contribution in [3.63, 3.8) is 0 Å². The van der Waals surface area contributed by atoms with E-state index in [1.807, 2.05) is 6.92 Å². The number of carbonyl (C=O) groups excluding carboxylic acids is 1. The van der Waals surface area contributed by atoms with E-state index in [0.717, 1.165) is 5.56 Å². The van der Waals surface area contributed by atoms with Gasteiger partial charge in [-0.3, -0.25) is 0 Å². The number of hydrogen-bond acceptors (Lipinski definition) is 2. The third kappa shape index (κ3) is 3.18. The molecule has 0 saturated carbocycles. The average Bonchev–Trinajstić information content (AvgIpc) is 2.51. The van der Waals surface area contributed by atoms with Gasteiger partial charge in [-0.25, -0.2) is 26.7 Å². The summed E-state index contributed by atoms with van der Waals surface area (Å²) >= 11 is 0. The van der Waals surface area contributed by atoms with Crippen molar-refractivity contribution in [3.05, 3.63) is 70.0 Å². The van der Waals surface area contributed by atoms with Crippen molar-refractivity contribution >= 4 is 5.97 Å². The molecule has 2 nitrogen and oxygen atoms in total. The maximum atomic E-state index is 13.5. The quantitative estimate of drug-likeness (QED) is 0.205. The molecule has 0 heterocycles. The highest BCUT2D eigenvalue weighted by Crippen LogP contribution is 2.26. The van der Waals surface area contributed by atoms with Gasteiger partial charge in [0.05, 0.1) is 0 Å². The van der Waals surface area contributed by atoms with Crippen molar-refractivity contribution in [2.75, 3.05) is 0 Å². The number of ether oxygens (including phenoxy) is 1. The molecule has 2 rings (SSSR count).